The molecular weight excluding hydrogens is 597 g/mol. The maximum Gasteiger partial charge on any atom is 0.389 e. The molecule has 4 aromatic carbocycles. The van der Waals surface area contributed by atoms with Gasteiger partial charge in [-0.05, 0) is 20.7 Å². The van der Waals surface area contributed by atoms with Crippen LogP contribution >= 0.6 is 0 Å². The minimum Gasteiger partial charge on any atom is -0.425 e. The summed E-state index contributed by atoms with van der Waals surface area (Å²) in [5.41, 5.74) is 0. The van der Waals surface area contributed by atoms with Crippen LogP contribution in [0.4, 0.5) is 0 Å². The van der Waals surface area contributed by atoms with E-state index in [0.29, 0.717) is 0 Å². The van der Waals surface area contributed by atoms with Gasteiger partial charge in [-0.3, -0.25) is 0 Å². The predicted octanol–water partition coefficient (Wildman–Crippen LogP) is -2.38. The Morgan fingerprint density at radius 2 is 0.605 bits per heavy atom. The molecule has 1 fully saturated rings. The lowest BCUT2D eigenvalue weighted by Crippen LogP contribution is -2.76. The van der Waals surface area contributed by atoms with Gasteiger partial charge < -0.3 is 28.8 Å². The van der Waals surface area contributed by atoms with Crippen molar-refractivity contribution in [3.63, 3.8) is 0 Å². The third kappa shape index (κ3) is 6.46. The molecule has 1 aliphatic rings. The second kappa shape index (κ2) is 14.0. The van der Waals surface area contributed by atoms with Gasteiger partial charge in [0, 0.05) is 0 Å². The van der Waals surface area contributed by atoms with Crippen LogP contribution in [-0.4, -0.2) is 67.2 Å². The lowest BCUT2D eigenvalue weighted by molar-refractivity contribution is 0.318. The summed E-state index contributed by atoms with van der Waals surface area (Å²) in [6, 6.07) is 41.1. The monoisotopic (exact) mass is 626 g/mol. The van der Waals surface area contributed by atoms with E-state index in [1.807, 2.05) is 72.8 Å². The van der Waals surface area contributed by atoms with E-state index in [0.717, 1.165) is 20.7 Å². The van der Waals surface area contributed by atoms with E-state index in [2.05, 4.69) is 48.5 Å². The van der Waals surface area contributed by atoms with Gasteiger partial charge in [-0.1, -0.05) is 121 Å². The summed E-state index contributed by atoms with van der Waals surface area (Å²) in [6.07, 6.45) is 0. The van der Waals surface area contributed by atoms with E-state index in [9.17, 15) is 0 Å². The third-order valence-electron chi connectivity index (χ3n) is 6.09. The molecule has 4 aromatic rings. The molecule has 0 spiro atoms. The zero-order chi connectivity index (χ0) is 25.9. The SMILES string of the molecule is c1ccc([Si]2(c3ccccc3)O[SiH2]O[SiH2]O[SiH2]O[SiH2]O[SiH2]O[Si](c3ccccc3)(c3ccccc3)O2)cc1. The van der Waals surface area contributed by atoms with Crippen molar-refractivity contribution in [2.24, 2.45) is 0 Å². The summed E-state index contributed by atoms with van der Waals surface area (Å²) in [5.74, 6) is 0. The Kier molecular flexibility index (Phi) is 10.2. The molecule has 0 aliphatic carbocycles. The van der Waals surface area contributed by atoms with E-state index < -0.39 is 67.2 Å². The molecule has 0 aromatic heterocycles. The topological polar surface area (TPSA) is 64.6 Å². The highest BCUT2D eigenvalue weighted by Crippen LogP contribution is 2.19. The summed E-state index contributed by atoms with van der Waals surface area (Å²) in [6.45, 7) is 0. The maximum atomic E-state index is 7.62. The van der Waals surface area contributed by atoms with Gasteiger partial charge in [0.05, 0.1) is 0 Å². The molecule has 7 nitrogen and oxygen atoms in total. The first-order valence-electron chi connectivity index (χ1n) is 12.3. The summed E-state index contributed by atoms with van der Waals surface area (Å²) in [5, 5.41) is 4.05. The molecule has 0 saturated carbocycles. The Hall–Kier alpha value is -1.88. The maximum absolute atomic E-state index is 7.62. The van der Waals surface area contributed by atoms with E-state index >= 15 is 0 Å². The Balaban J connectivity index is 1.74. The van der Waals surface area contributed by atoms with Crippen LogP contribution in [0.5, 0.6) is 0 Å². The second-order valence-electron chi connectivity index (χ2n) is 8.49. The molecule has 1 heterocycles. The van der Waals surface area contributed by atoms with Crippen LogP contribution in [0.15, 0.2) is 121 Å². The Morgan fingerprint density at radius 1 is 0.342 bits per heavy atom. The Morgan fingerprint density at radius 3 is 0.895 bits per heavy atom. The molecule has 0 unspecified atom stereocenters. The van der Waals surface area contributed by atoms with Gasteiger partial charge in [0.25, 0.3) is 50.0 Å². The predicted molar refractivity (Wildman–Crippen MR) is 166 cm³/mol. The first-order valence-corrected chi connectivity index (χ1v) is 21.8. The van der Waals surface area contributed by atoms with Crippen molar-refractivity contribution in [1.29, 1.82) is 0 Å². The zero-order valence-corrected chi connectivity index (χ0v) is 30.0. The quantitative estimate of drug-likeness (QED) is 0.235. The molecule has 196 valence electrons. The number of benzene rings is 4. The third-order valence-corrected chi connectivity index (χ3v) is 22.3. The average molecular weight is 627 g/mol. The van der Waals surface area contributed by atoms with Crippen molar-refractivity contribution in [3.05, 3.63) is 121 Å². The van der Waals surface area contributed by atoms with Crippen molar-refractivity contribution in [3.8, 4) is 0 Å². The highest BCUT2D eigenvalue weighted by molar-refractivity contribution is 7.06. The molecule has 1 saturated heterocycles. The highest BCUT2D eigenvalue weighted by atomic mass is 28.5. The van der Waals surface area contributed by atoms with Crippen LogP contribution in [0.25, 0.3) is 0 Å². The van der Waals surface area contributed by atoms with Gasteiger partial charge in [-0.15, -0.1) is 0 Å². The lowest BCUT2D eigenvalue weighted by Gasteiger charge is -2.41. The zero-order valence-electron chi connectivity index (χ0n) is 20.9. The average Bonchev–Trinajstić information content (AvgIpc) is 3.00. The van der Waals surface area contributed by atoms with Gasteiger partial charge in [0.2, 0.25) is 0 Å². The first-order chi connectivity index (χ1) is 18.8. The summed E-state index contributed by atoms with van der Waals surface area (Å²) in [7, 11) is -13.0. The first kappa shape index (κ1) is 27.7. The summed E-state index contributed by atoms with van der Waals surface area (Å²) in [4.78, 5) is 0. The Bertz CT molecular complexity index is 1070. The summed E-state index contributed by atoms with van der Waals surface area (Å²) < 4.78 is 45.1. The van der Waals surface area contributed by atoms with Crippen molar-refractivity contribution in [2.75, 3.05) is 0 Å². The molecule has 14 heteroatoms. The van der Waals surface area contributed by atoms with E-state index in [1.54, 1.807) is 0 Å². The molecule has 0 bridgehead atoms. The lowest BCUT2D eigenvalue weighted by atomic mass is 10.4. The van der Waals surface area contributed by atoms with E-state index in [-0.39, 0.29) is 0 Å². The molecular formula is C24H30O7Si7. The van der Waals surface area contributed by atoms with Crippen molar-refractivity contribution >= 4 is 87.9 Å². The van der Waals surface area contributed by atoms with Crippen LogP contribution in [0.1, 0.15) is 0 Å². The van der Waals surface area contributed by atoms with Crippen LogP contribution in [0.3, 0.4) is 0 Å². The fourth-order valence-electron chi connectivity index (χ4n) is 4.36. The number of hydrogen-bond donors (Lipinski definition) is 0. The van der Waals surface area contributed by atoms with Crippen LogP contribution < -0.4 is 20.7 Å². The van der Waals surface area contributed by atoms with E-state index in [1.165, 1.54) is 0 Å². The normalized spacial score (nSPS) is 21.9. The standard InChI is InChI=1S/C24H30O7Si7/c1-5-13-21(14-6-1)37(22-15-7-2-8-16-22)29-35-27-33-25-32-26-34-28-36-30-38(31-37,23-17-9-3-10-18-23)24-19-11-4-12-20-24/h1-20H,32-36H2. The molecule has 38 heavy (non-hydrogen) atoms. The molecule has 1 aliphatic heterocycles. The number of hydrogen-bond acceptors (Lipinski definition) is 7. The largest absolute Gasteiger partial charge is 0.425 e. The molecule has 0 N–H and O–H groups in total. The Labute approximate surface area is 237 Å². The van der Waals surface area contributed by atoms with Crippen LogP contribution in [-0.2, 0) is 28.8 Å². The van der Waals surface area contributed by atoms with Gasteiger partial charge in [0.15, 0.2) is 0 Å². The fourth-order valence-corrected chi connectivity index (χ4v) is 24.4. The summed E-state index contributed by atoms with van der Waals surface area (Å²) >= 11 is 0. The van der Waals surface area contributed by atoms with Crippen LogP contribution in [0, 0.1) is 0 Å². The van der Waals surface area contributed by atoms with Crippen molar-refractivity contribution in [1.82, 2.24) is 0 Å². The minimum atomic E-state index is -3.34. The van der Waals surface area contributed by atoms with Gasteiger partial charge in [0.1, 0.15) is 0 Å². The minimum absolute atomic E-state index is 1.01. The number of rotatable bonds is 4. The van der Waals surface area contributed by atoms with Gasteiger partial charge >= 0.3 is 17.1 Å². The smallest absolute Gasteiger partial charge is 0.389 e. The molecule has 0 radical (unpaired) electrons. The van der Waals surface area contributed by atoms with Gasteiger partial charge in [-0.2, -0.15) is 0 Å². The van der Waals surface area contributed by atoms with Gasteiger partial charge in [-0.25, -0.2) is 0 Å². The molecule has 0 atom stereocenters. The fraction of sp³-hybridized carbons (Fsp3) is 0. The molecule has 5 rings (SSSR count). The second-order valence-corrected chi connectivity index (χ2v) is 24.1. The van der Waals surface area contributed by atoms with E-state index in [4.69, 9.17) is 28.8 Å². The van der Waals surface area contributed by atoms with Crippen LogP contribution in [0.2, 0.25) is 0 Å². The highest BCUT2D eigenvalue weighted by Gasteiger charge is 2.54. The molecule has 0 amide bonds. The van der Waals surface area contributed by atoms with Crippen molar-refractivity contribution < 1.29 is 28.8 Å². The van der Waals surface area contributed by atoms with Crippen molar-refractivity contribution in [2.45, 2.75) is 0 Å².